The van der Waals surface area contributed by atoms with Crippen LogP contribution in [0.3, 0.4) is 0 Å². The number of ether oxygens (including phenoxy) is 1. The fraction of sp³-hybridized carbons (Fsp3) is 0.417. The molecule has 9 heteroatoms. The van der Waals surface area contributed by atoms with E-state index >= 15 is 0 Å². The van der Waals surface area contributed by atoms with E-state index in [-0.39, 0.29) is 0 Å². The van der Waals surface area contributed by atoms with Gasteiger partial charge in [-0.3, -0.25) is 4.90 Å². The molecule has 2 N–H and O–H groups in total. The lowest BCUT2D eigenvalue weighted by atomic mass is 10.2. The highest BCUT2D eigenvalue weighted by molar-refractivity contribution is 7.99. The average molecular weight is 481 g/mol. The summed E-state index contributed by atoms with van der Waals surface area (Å²) in [6.45, 7) is 6.06. The third-order valence-electron chi connectivity index (χ3n) is 6.46. The monoisotopic (exact) mass is 480 g/mol. The maximum absolute atomic E-state index is 6.38. The topological polar surface area (TPSA) is 72.4 Å². The van der Waals surface area contributed by atoms with E-state index in [9.17, 15) is 0 Å². The normalized spacial score (nSPS) is 16.9. The van der Waals surface area contributed by atoms with Gasteiger partial charge in [-0.25, -0.2) is 14.6 Å². The number of nitrogens with two attached hydrogens (primary N) is 1. The minimum atomic E-state index is 0.774. The van der Waals surface area contributed by atoms with Crippen molar-refractivity contribution in [2.45, 2.75) is 24.4 Å². The van der Waals surface area contributed by atoms with E-state index in [0.29, 0.717) is 0 Å². The molecule has 0 spiro atoms. The summed E-state index contributed by atoms with van der Waals surface area (Å²) in [6.07, 6.45) is 3.27. The Balaban J connectivity index is 0.994. The second-order valence-corrected chi connectivity index (χ2v) is 10.8. The van der Waals surface area contributed by atoms with Crippen molar-refractivity contribution in [3.63, 3.8) is 0 Å². The van der Waals surface area contributed by atoms with Gasteiger partial charge in [0.25, 0.3) is 0 Å². The van der Waals surface area contributed by atoms with Gasteiger partial charge >= 0.3 is 0 Å². The minimum Gasteiger partial charge on any atom is -0.490 e. The van der Waals surface area contributed by atoms with Gasteiger partial charge in [0.05, 0.1) is 17.0 Å². The lowest BCUT2D eigenvalue weighted by Gasteiger charge is -2.35. The standard InChI is InChI=1S/C24H28N6OS2/c25-30-21-22-19(7-3-15-31-22)33-23(21)27-24(30)32-16-4-10-28-11-13-29(14-12-28)20-9-8-17-5-1-2-6-18(17)26-20/h1-2,5-6,8-9H,3-4,7,10-16,25H2. The average Bonchev–Trinajstić information content (AvgIpc) is 3.38. The number of thioether (sulfide) groups is 1. The summed E-state index contributed by atoms with van der Waals surface area (Å²) >= 11 is 3.47. The van der Waals surface area contributed by atoms with Gasteiger partial charge in [0, 0.05) is 37.3 Å². The van der Waals surface area contributed by atoms with Gasteiger partial charge in [-0.05, 0) is 44.0 Å². The van der Waals surface area contributed by atoms with Crippen LogP contribution in [0.4, 0.5) is 5.82 Å². The van der Waals surface area contributed by atoms with Crippen LogP contribution in [0.25, 0.3) is 21.3 Å². The number of hydrogen-bond donors (Lipinski definition) is 1. The molecular weight excluding hydrogens is 452 g/mol. The third-order valence-corrected chi connectivity index (χ3v) is 8.61. The number of pyridine rings is 1. The molecule has 0 aliphatic carbocycles. The van der Waals surface area contributed by atoms with Crippen molar-refractivity contribution >= 4 is 50.2 Å². The van der Waals surface area contributed by atoms with Crippen molar-refractivity contribution in [1.82, 2.24) is 19.5 Å². The van der Waals surface area contributed by atoms with Crippen LogP contribution in [0.15, 0.2) is 41.6 Å². The third kappa shape index (κ3) is 4.13. The highest BCUT2D eigenvalue weighted by Gasteiger charge is 2.24. The summed E-state index contributed by atoms with van der Waals surface area (Å²) in [6, 6.07) is 12.6. The number of fused-ring (bicyclic) bond motifs is 4. The molecule has 1 aromatic carbocycles. The van der Waals surface area contributed by atoms with Crippen LogP contribution in [-0.4, -0.2) is 64.6 Å². The van der Waals surface area contributed by atoms with Crippen molar-refractivity contribution in [3.8, 4) is 5.75 Å². The number of nitrogens with zero attached hydrogens (tertiary/aromatic N) is 5. The molecular formula is C24H28N6OS2. The van der Waals surface area contributed by atoms with Crippen molar-refractivity contribution in [2.24, 2.45) is 0 Å². The number of aromatic nitrogens is 3. The van der Waals surface area contributed by atoms with Gasteiger partial charge in [-0.15, -0.1) is 11.3 Å². The van der Waals surface area contributed by atoms with E-state index < -0.39 is 0 Å². The van der Waals surface area contributed by atoms with E-state index in [0.717, 1.165) is 96.9 Å². The van der Waals surface area contributed by atoms with Crippen molar-refractivity contribution in [1.29, 1.82) is 0 Å². The number of benzene rings is 1. The second-order valence-electron chi connectivity index (χ2n) is 8.62. The molecule has 2 aliphatic heterocycles. The van der Waals surface area contributed by atoms with Crippen LogP contribution in [0.2, 0.25) is 0 Å². The first-order chi connectivity index (χ1) is 16.3. The molecule has 5 heterocycles. The zero-order chi connectivity index (χ0) is 22.2. The molecule has 0 amide bonds. The number of hydrogen-bond acceptors (Lipinski definition) is 8. The summed E-state index contributed by atoms with van der Waals surface area (Å²) in [5.41, 5.74) is 2.04. The Morgan fingerprint density at radius 1 is 1.06 bits per heavy atom. The molecule has 1 fully saturated rings. The van der Waals surface area contributed by atoms with Crippen molar-refractivity contribution < 1.29 is 4.74 Å². The lowest BCUT2D eigenvalue weighted by molar-refractivity contribution is 0.258. The van der Waals surface area contributed by atoms with Crippen LogP contribution in [0, 0.1) is 0 Å². The Labute approximate surface area is 201 Å². The molecule has 0 saturated carbocycles. The molecule has 0 atom stereocenters. The first-order valence-electron chi connectivity index (χ1n) is 11.6. The Hall–Kier alpha value is -2.49. The quantitative estimate of drug-likeness (QED) is 0.254. The van der Waals surface area contributed by atoms with Gasteiger partial charge in [-0.1, -0.05) is 30.0 Å². The summed E-state index contributed by atoms with van der Waals surface area (Å²) in [7, 11) is 0. The first kappa shape index (κ1) is 21.1. The Morgan fingerprint density at radius 2 is 1.94 bits per heavy atom. The summed E-state index contributed by atoms with van der Waals surface area (Å²) in [5, 5.41) is 2.09. The Kier molecular flexibility index (Phi) is 5.77. The molecule has 6 rings (SSSR count). The molecule has 33 heavy (non-hydrogen) atoms. The van der Waals surface area contributed by atoms with Crippen molar-refractivity contribution in [3.05, 3.63) is 41.3 Å². The lowest BCUT2D eigenvalue weighted by Crippen LogP contribution is -2.47. The zero-order valence-electron chi connectivity index (χ0n) is 18.6. The van der Waals surface area contributed by atoms with E-state index in [1.807, 2.05) is 0 Å². The predicted molar refractivity (Wildman–Crippen MR) is 137 cm³/mol. The first-order valence-corrected chi connectivity index (χ1v) is 13.4. The number of thiophene rings is 1. The molecule has 1 saturated heterocycles. The largest absolute Gasteiger partial charge is 0.490 e. The summed E-state index contributed by atoms with van der Waals surface area (Å²) in [4.78, 5) is 16.9. The van der Waals surface area contributed by atoms with E-state index in [1.54, 1.807) is 27.8 Å². The van der Waals surface area contributed by atoms with Crippen molar-refractivity contribution in [2.75, 3.05) is 55.8 Å². The summed E-state index contributed by atoms with van der Waals surface area (Å²) < 4.78 is 7.61. The second kappa shape index (κ2) is 9.04. The molecule has 0 radical (unpaired) electrons. The molecule has 0 bridgehead atoms. The fourth-order valence-electron chi connectivity index (χ4n) is 4.67. The Bertz CT molecular complexity index is 1280. The molecule has 7 nitrogen and oxygen atoms in total. The smallest absolute Gasteiger partial charge is 0.188 e. The number of anilines is 1. The molecule has 172 valence electrons. The van der Waals surface area contributed by atoms with E-state index in [1.165, 1.54) is 10.3 Å². The fourth-order valence-corrected chi connectivity index (χ4v) is 6.72. The maximum Gasteiger partial charge on any atom is 0.188 e. The van der Waals surface area contributed by atoms with Gasteiger partial charge in [0.1, 0.15) is 16.2 Å². The van der Waals surface area contributed by atoms with Gasteiger partial charge in [-0.2, -0.15) is 0 Å². The molecule has 0 unspecified atom stereocenters. The van der Waals surface area contributed by atoms with E-state index in [2.05, 4.69) is 46.2 Å². The Morgan fingerprint density at radius 3 is 2.85 bits per heavy atom. The predicted octanol–water partition coefficient (Wildman–Crippen LogP) is 3.99. The molecule has 3 aromatic heterocycles. The van der Waals surface area contributed by atoms with Crippen LogP contribution >= 0.6 is 23.1 Å². The maximum atomic E-state index is 6.38. The highest BCUT2D eigenvalue weighted by atomic mass is 32.2. The number of imidazole rings is 1. The summed E-state index contributed by atoms with van der Waals surface area (Å²) in [5.74, 6) is 9.43. The van der Waals surface area contributed by atoms with Crippen LogP contribution in [0.5, 0.6) is 5.75 Å². The molecule has 2 aliphatic rings. The number of piperazine rings is 1. The highest BCUT2D eigenvalue weighted by Crippen LogP contribution is 2.41. The van der Waals surface area contributed by atoms with Crippen LogP contribution in [-0.2, 0) is 6.42 Å². The zero-order valence-corrected chi connectivity index (χ0v) is 20.2. The van der Waals surface area contributed by atoms with Gasteiger partial charge in [0.2, 0.25) is 0 Å². The minimum absolute atomic E-state index is 0.774. The van der Waals surface area contributed by atoms with Gasteiger partial charge in [0.15, 0.2) is 10.9 Å². The number of aryl methyl sites for hydroxylation is 1. The van der Waals surface area contributed by atoms with Crippen LogP contribution in [0.1, 0.15) is 17.7 Å². The van der Waals surface area contributed by atoms with E-state index in [4.69, 9.17) is 20.5 Å². The van der Waals surface area contributed by atoms with Gasteiger partial charge < -0.3 is 15.5 Å². The molecule has 4 aromatic rings. The SMILES string of the molecule is Nn1c(SCCCN2CCN(c3ccc4ccccc4n3)CC2)nc2sc3c(c21)OCCC3. The van der Waals surface area contributed by atoms with Crippen LogP contribution < -0.4 is 15.5 Å². The number of para-hydroxylation sites is 1. The number of rotatable bonds is 6. The number of nitrogen functional groups attached to an aromatic ring is 1.